The summed E-state index contributed by atoms with van der Waals surface area (Å²) in [6.07, 6.45) is 4.51. The third-order valence-electron chi connectivity index (χ3n) is 3.23. The molecule has 3 heteroatoms. The van der Waals surface area contributed by atoms with Crippen molar-refractivity contribution in [2.75, 3.05) is 13.2 Å². The van der Waals surface area contributed by atoms with E-state index >= 15 is 0 Å². The van der Waals surface area contributed by atoms with Crippen LogP contribution >= 0.6 is 0 Å². The highest BCUT2D eigenvalue weighted by molar-refractivity contribution is 5.79. The van der Waals surface area contributed by atoms with E-state index in [0.29, 0.717) is 6.54 Å². The predicted molar refractivity (Wildman–Crippen MR) is 55.8 cm³/mol. The molecule has 14 heavy (non-hydrogen) atoms. The molecule has 2 N–H and O–H groups in total. The smallest absolute Gasteiger partial charge is 0.223 e. The summed E-state index contributed by atoms with van der Waals surface area (Å²) in [5, 5.41) is 11.4. The van der Waals surface area contributed by atoms with Gasteiger partial charge in [0.15, 0.2) is 0 Å². The van der Waals surface area contributed by atoms with E-state index < -0.39 is 0 Å². The van der Waals surface area contributed by atoms with Gasteiger partial charge in [0, 0.05) is 12.5 Å². The number of rotatable bonds is 3. The Balaban J connectivity index is 2.51. The second-order valence-electron chi connectivity index (χ2n) is 4.80. The van der Waals surface area contributed by atoms with Crippen molar-refractivity contribution in [1.82, 2.24) is 5.32 Å². The number of aliphatic hydroxyl groups is 1. The average Bonchev–Trinajstić information content (AvgIpc) is 2.13. The SMILES string of the molecule is CC1(C)CCCCC1C(=O)NCCO. The maximum Gasteiger partial charge on any atom is 0.223 e. The molecule has 3 nitrogen and oxygen atoms in total. The lowest BCUT2D eigenvalue weighted by Crippen LogP contribution is -2.41. The third kappa shape index (κ3) is 2.71. The molecule has 1 aliphatic carbocycles. The second-order valence-corrected chi connectivity index (χ2v) is 4.80. The molecule has 0 aliphatic heterocycles. The van der Waals surface area contributed by atoms with E-state index in [-0.39, 0.29) is 23.8 Å². The van der Waals surface area contributed by atoms with E-state index in [1.54, 1.807) is 0 Å². The number of nitrogens with one attached hydrogen (secondary N) is 1. The van der Waals surface area contributed by atoms with E-state index in [0.717, 1.165) is 19.3 Å². The fraction of sp³-hybridized carbons (Fsp3) is 0.909. The lowest BCUT2D eigenvalue weighted by molar-refractivity contribution is -0.130. The summed E-state index contributed by atoms with van der Waals surface area (Å²) in [6, 6.07) is 0. The summed E-state index contributed by atoms with van der Waals surface area (Å²) in [6.45, 7) is 4.73. The number of hydrogen-bond acceptors (Lipinski definition) is 2. The summed E-state index contributed by atoms with van der Waals surface area (Å²) >= 11 is 0. The van der Waals surface area contributed by atoms with Gasteiger partial charge in [0.05, 0.1) is 6.61 Å². The van der Waals surface area contributed by atoms with Crippen LogP contribution in [0.3, 0.4) is 0 Å². The summed E-state index contributed by atoms with van der Waals surface area (Å²) < 4.78 is 0. The number of amides is 1. The molecule has 1 aliphatic rings. The van der Waals surface area contributed by atoms with Gasteiger partial charge in [-0.25, -0.2) is 0 Å². The molecule has 0 radical (unpaired) electrons. The lowest BCUT2D eigenvalue weighted by Gasteiger charge is -2.37. The Morgan fingerprint density at radius 1 is 1.50 bits per heavy atom. The van der Waals surface area contributed by atoms with E-state index in [1.165, 1.54) is 6.42 Å². The molecule has 1 atom stereocenters. The van der Waals surface area contributed by atoms with Crippen LogP contribution in [0.4, 0.5) is 0 Å². The van der Waals surface area contributed by atoms with Gasteiger partial charge in [0.1, 0.15) is 0 Å². The zero-order valence-electron chi connectivity index (χ0n) is 9.18. The minimum Gasteiger partial charge on any atom is -0.395 e. The van der Waals surface area contributed by atoms with Crippen molar-refractivity contribution < 1.29 is 9.90 Å². The highest BCUT2D eigenvalue weighted by atomic mass is 16.3. The summed E-state index contributed by atoms with van der Waals surface area (Å²) in [7, 11) is 0. The Morgan fingerprint density at radius 3 is 2.79 bits per heavy atom. The van der Waals surface area contributed by atoms with Crippen molar-refractivity contribution in [3.8, 4) is 0 Å². The molecule has 82 valence electrons. The Labute approximate surface area is 85.9 Å². The second kappa shape index (κ2) is 4.78. The first-order chi connectivity index (χ1) is 6.58. The number of carbonyl (C=O) groups is 1. The van der Waals surface area contributed by atoms with Gasteiger partial charge in [-0.15, -0.1) is 0 Å². The van der Waals surface area contributed by atoms with Crippen molar-refractivity contribution in [2.45, 2.75) is 39.5 Å². The first kappa shape index (κ1) is 11.5. The van der Waals surface area contributed by atoms with Gasteiger partial charge >= 0.3 is 0 Å². The zero-order valence-corrected chi connectivity index (χ0v) is 9.18. The van der Waals surface area contributed by atoms with Gasteiger partial charge in [-0.3, -0.25) is 4.79 Å². The first-order valence-electron chi connectivity index (χ1n) is 5.46. The minimum atomic E-state index is 0.0267. The molecule has 1 amide bonds. The van der Waals surface area contributed by atoms with E-state index in [4.69, 9.17) is 5.11 Å². The van der Waals surface area contributed by atoms with E-state index in [2.05, 4.69) is 19.2 Å². The van der Waals surface area contributed by atoms with Crippen LogP contribution in [0.2, 0.25) is 0 Å². The van der Waals surface area contributed by atoms with Crippen molar-refractivity contribution in [3.63, 3.8) is 0 Å². The first-order valence-corrected chi connectivity index (χ1v) is 5.46. The highest BCUT2D eigenvalue weighted by Gasteiger charge is 2.36. The molecule has 0 bridgehead atoms. The maximum absolute atomic E-state index is 11.8. The fourth-order valence-electron chi connectivity index (χ4n) is 2.28. The summed E-state index contributed by atoms with van der Waals surface area (Å²) in [5.74, 6) is 0.242. The van der Waals surface area contributed by atoms with Crippen LogP contribution in [0.25, 0.3) is 0 Å². The van der Waals surface area contributed by atoms with Crippen molar-refractivity contribution in [2.24, 2.45) is 11.3 Å². The van der Waals surface area contributed by atoms with Gasteiger partial charge in [0.2, 0.25) is 5.91 Å². The average molecular weight is 199 g/mol. The Morgan fingerprint density at radius 2 is 2.21 bits per heavy atom. The molecule has 0 aromatic rings. The van der Waals surface area contributed by atoms with Crippen LogP contribution in [-0.2, 0) is 4.79 Å². The minimum absolute atomic E-state index is 0.0267. The van der Waals surface area contributed by atoms with Crippen LogP contribution in [0.15, 0.2) is 0 Å². The van der Waals surface area contributed by atoms with Crippen molar-refractivity contribution in [3.05, 3.63) is 0 Å². The number of hydrogen-bond donors (Lipinski definition) is 2. The Kier molecular flexibility index (Phi) is 3.93. The van der Waals surface area contributed by atoms with Gasteiger partial charge in [-0.1, -0.05) is 26.7 Å². The largest absolute Gasteiger partial charge is 0.395 e. The molecule has 1 unspecified atom stereocenters. The molecule has 0 spiro atoms. The highest BCUT2D eigenvalue weighted by Crippen LogP contribution is 2.40. The molecular formula is C11H21NO2. The van der Waals surface area contributed by atoms with Crippen LogP contribution in [0.5, 0.6) is 0 Å². The quantitative estimate of drug-likeness (QED) is 0.720. The standard InChI is InChI=1S/C11H21NO2/c1-11(2)6-4-3-5-9(11)10(14)12-7-8-13/h9,13H,3-8H2,1-2H3,(H,12,14). The predicted octanol–water partition coefficient (Wildman–Crippen LogP) is 1.31. The molecule has 0 aromatic heterocycles. The summed E-state index contributed by atoms with van der Waals surface area (Å²) in [5.41, 5.74) is 0.123. The van der Waals surface area contributed by atoms with Crippen LogP contribution in [0.1, 0.15) is 39.5 Å². The molecule has 1 rings (SSSR count). The van der Waals surface area contributed by atoms with E-state index in [1.807, 2.05) is 0 Å². The molecular weight excluding hydrogens is 178 g/mol. The summed E-state index contributed by atoms with van der Waals surface area (Å²) in [4.78, 5) is 11.8. The topological polar surface area (TPSA) is 49.3 Å². The zero-order chi connectivity index (χ0) is 10.6. The lowest BCUT2D eigenvalue weighted by atomic mass is 9.68. The number of carbonyl (C=O) groups excluding carboxylic acids is 1. The van der Waals surface area contributed by atoms with Gasteiger partial charge < -0.3 is 10.4 Å². The monoisotopic (exact) mass is 199 g/mol. The molecule has 1 saturated carbocycles. The fourth-order valence-corrected chi connectivity index (χ4v) is 2.28. The third-order valence-corrected chi connectivity index (χ3v) is 3.23. The molecule has 0 saturated heterocycles. The molecule has 1 fully saturated rings. The van der Waals surface area contributed by atoms with Gasteiger partial charge in [-0.2, -0.15) is 0 Å². The van der Waals surface area contributed by atoms with Crippen LogP contribution < -0.4 is 5.32 Å². The van der Waals surface area contributed by atoms with E-state index in [9.17, 15) is 4.79 Å². The number of aliphatic hydroxyl groups excluding tert-OH is 1. The Hall–Kier alpha value is -0.570. The van der Waals surface area contributed by atoms with Crippen LogP contribution in [0, 0.1) is 11.3 Å². The molecule has 0 heterocycles. The maximum atomic E-state index is 11.8. The molecule has 0 aromatic carbocycles. The van der Waals surface area contributed by atoms with Gasteiger partial charge in [0.25, 0.3) is 0 Å². The Bertz CT molecular complexity index is 201. The van der Waals surface area contributed by atoms with Crippen molar-refractivity contribution >= 4 is 5.91 Å². The van der Waals surface area contributed by atoms with Crippen LogP contribution in [-0.4, -0.2) is 24.2 Å². The van der Waals surface area contributed by atoms with Gasteiger partial charge in [-0.05, 0) is 18.3 Å². The van der Waals surface area contributed by atoms with Crippen molar-refractivity contribution in [1.29, 1.82) is 0 Å². The normalized spacial score (nSPS) is 25.8.